The summed E-state index contributed by atoms with van der Waals surface area (Å²) in [5.41, 5.74) is 0.625. The number of carbonyl (C=O) groups is 2. The number of amides is 1. The van der Waals surface area contributed by atoms with Crippen molar-refractivity contribution in [3.63, 3.8) is 0 Å². The van der Waals surface area contributed by atoms with Crippen LogP contribution in [0.3, 0.4) is 0 Å². The molecule has 0 aromatic heterocycles. The van der Waals surface area contributed by atoms with E-state index < -0.39 is 17.9 Å². The summed E-state index contributed by atoms with van der Waals surface area (Å²) in [4.78, 5) is 25.7. The van der Waals surface area contributed by atoms with E-state index in [1.54, 1.807) is 32.1 Å². The van der Waals surface area contributed by atoms with Crippen LogP contribution in [0.4, 0.5) is 0 Å². The van der Waals surface area contributed by atoms with Gasteiger partial charge in [0.05, 0.1) is 38.2 Å². The molecule has 1 heterocycles. The van der Waals surface area contributed by atoms with Crippen molar-refractivity contribution in [1.29, 1.82) is 0 Å². The fourth-order valence-electron chi connectivity index (χ4n) is 2.73. The van der Waals surface area contributed by atoms with Crippen LogP contribution in [0.15, 0.2) is 17.0 Å². The van der Waals surface area contributed by atoms with Crippen LogP contribution in [0.2, 0.25) is 0 Å². The number of carboxylic acids is 1. The first-order chi connectivity index (χ1) is 12.7. The highest BCUT2D eigenvalue weighted by Crippen LogP contribution is 2.40. The third kappa shape index (κ3) is 4.19. The molecule has 0 bridgehead atoms. The van der Waals surface area contributed by atoms with Gasteiger partial charge in [0.25, 0.3) is 5.91 Å². The monoisotopic (exact) mass is 410 g/mol. The first-order valence-electron chi connectivity index (χ1n) is 8.03. The number of carboxylic acid groups (broad SMARTS) is 1. The number of benzene rings is 1. The summed E-state index contributed by atoms with van der Waals surface area (Å²) in [6, 6.07) is 2.25. The van der Waals surface area contributed by atoms with Gasteiger partial charge in [0, 0.05) is 0 Å². The number of methoxy groups -OCH3 is 3. The minimum atomic E-state index is -1.34. The number of thioether (sulfide) groups is 1. The molecule has 1 aromatic carbocycles. The van der Waals surface area contributed by atoms with Crippen molar-refractivity contribution in [2.24, 2.45) is 5.92 Å². The molecular formula is C18H20NO6S2-. The average Bonchev–Trinajstić information content (AvgIpc) is 2.88. The van der Waals surface area contributed by atoms with Gasteiger partial charge in [0.1, 0.15) is 4.32 Å². The lowest BCUT2D eigenvalue weighted by molar-refractivity contribution is -0.311. The second kappa shape index (κ2) is 8.62. The molecule has 1 saturated heterocycles. The molecule has 0 N–H and O–H groups in total. The number of carbonyl (C=O) groups excluding carboxylic acids is 2. The van der Waals surface area contributed by atoms with E-state index in [1.165, 1.54) is 21.3 Å². The zero-order valence-electron chi connectivity index (χ0n) is 15.6. The number of ether oxygens (including phenoxy) is 3. The van der Waals surface area contributed by atoms with Crippen LogP contribution in [0.5, 0.6) is 17.2 Å². The lowest BCUT2D eigenvalue weighted by Crippen LogP contribution is -2.52. The van der Waals surface area contributed by atoms with Gasteiger partial charge in [-0.25, -0.2) is 0 Å². The first kappa shape index (κ1) is 21.0. The third-order valence-corrected chi connectivity index (χ3v) is 5.29. The maximum absolute atomic E-state index is 12.8. The summed E-state index contributed by atoms with van der Waals surface area (Å²) in [6.45, 7) is 3.39. The van der Waals surface area contributed by atoms with Gasteiger partial charge in [-0.05, 0) is 29.7 Å². The Morgan fingerprint density at radius 3 is 2.15 bits per heavy atom. The molecule has 1 aromatic rings. The van der Waals surface area contributed by atoms with Crippen LogP contribution in [-0.4, -0.2) is 48.5 Å². The standard InChI is InChI=1S/C18H21NO6S2/c1-9(2)14(17(21)22)19-16(20)13(27-18(19)26)8-10-6-11(23-3)15(25-5)12(7-10)24-4/h6-9,14H,1-5H3,(H,21,22)/p-1/b13-8-/t14-/m1/s1. The fourth-order valence-corrected chi connectivity index (χ4v) is 4.06. The summed E-state index contributed by atoms with van der Waals surface area (Å²) < 4.78 is 16.1. The number of hydrogen-bond donors (Lipinski definition) is 0. The number of nitrogens with zero attached hydrogens (tertiary/aromatic N) is 1. The van der Waals surface area contributed by atoms with E-state index in [-0.39, 0.29) is 10.2 Å². The normalized spacial score (nSPS) is 16.8. The first-order valence-corrected chi connectivity index (χ1v) is 9.25. The molecule has 1 fully saturated rings. The van der Waals surface area contributed by atoms with Crippen LogP contribution in [-0.2, 0) is 9.59 Å². The molecular weight excluding hydrogens is 390 g/mol. The Kier molecular flexibility index (Phi) is 6.72. The smallest absolute Gasteiger partial charge is 0.266 e. The predicted molar refractivity (Wildman–Crippen MR) is 105 cm³/mol. The van der Waals surface area contributed by atoms with Gasteiger partial charge in [0.2, 0.25) is 5.75 Å². The van der Waals surface area contributed by atoms with E-state index in [4.69, 9.17) is 26.4 Å². The lowest BCUT2D eigenvalue weighted by Gasteiger charge is -2.30. The fraction of sp³-hybridized carbons (Fsp3) is 0.389. The second-order valence-electron chi connectivity index (χ2n) is 6.02. The van der Waals surface area contributed by atoms with Gasteiger partial charge < -0.3 is 24.1 Å². The van der Waals surface area contributed by atoms with Crippen molar-refractivity contribution in [2.75, 3.05) is 21.3 Å². The maximum atomic E-state index is 12.8. The van der Waals surface area contributed by atoms with Crippen LogP contribution in [0.25, 0.3) is 6.08 Å². The summed E-state index contributed by atoms with van der Waals surface area (Å²) in [7, 11) is 4.48. The molecule has 0 aliphatic carbocycles. The second-order valence-corrected chi connectivity index (χ2v) is 7.69. The van der Waals surface area contributed by atoms with Crippen molar-refractivity contribution in [3.05, 3.63) is 22.6 Å². The SMILES string of the molecule is COc1cc(/C=C2\SC(=S)N([C@@H](C(=O)[O-])C(C)C)C2=O)cc(OC)c1OC. The van der Waals surface area contributed by atoms with Gasteiger partial charge in [-0.15, -0.1) is 0 Å². The van der Waals surface area contributed by atoms with Crippen LogP contribution in [0, 0.1) is 5.92 Å². The molecule has 27 heavy (non-hydrogen) atoms. The lowest BCUT2D eigenvalue weighted by atomic mass is 10.0. The summed E-state index contributed by atoms with van der Waals surface area (Å²) in [5.74, 6) is -0.849. The number of hydrogen-bond acceptors (Lipinski definition) is 8. The zero-order chi connectivity index (χ0) is 20.3. The summed E-state index contributed by atoms with van der Waals surface area (Å²) >= 11 is 6.27. The minimum Gasteiger partial charge on any atom is -0.548 e. The Labute approximate surface area is 167 Å². The molecule has 0 unspecified atom stereocenters. The molecule has 1 aliphatic rings. The van der Waals surface area contributed by atoms with Crippen molar-refractivity contribution < 1.29 is 28.9 Å². The Morgan fingerprint density at radius 1 is 1.19 bits per heavy atom. The highest BCUT2D eigenvalue weighted by molar-refractivity contribution is 8.26. The Morgan fingerprint density at radius 2 is 1.74 bits per heavy atom. The van der Waals surface area contributed by atoms with Crippen LogP contribution in [0.1, 0.15) is 19.4 Å². The number of thiocarbonyl (C=S) groups is 1. The largest absolute Gasteiger partial charge is 0.548 e. The van der Waals surface area contributed by atoms with Gasteiger partial charge in [0.15, 0.2) is 11.5 Å². The number of aliphatic carboxylic acids is 1. The molecule has 2 rings (SSSR count). The Bertz CT molecular complexity index is 780. The van der Waals surface area contributed by atoms with Gasteiger partial charge in [-0.1, -0.05) is 37.8 Å². The van der Waals surface area contributed by atoms with Crippen molar-refractivity contribution in [2.45, 2.75) is 19.9 Å². The predicted octanol–water partition coefficient (Wildman–Crippen LogP) is 1.69. The van der Waals surface area contributed by atoms with Crippen LogP contribution < -0.4 is 19.3 Å². The van der Waals surface area contributed by atoms with E-state index in [0.717, 1.165) is 16.7 Å². The van der Waals surface area contributed by atoms with Crippen molar-refractivity contribution in [1.82, 2.24) is 4.90 Å². The summed E-state index contributed by atoms with van der Waals surface area (Å²) in [6.07, 6.45) is 1.61. The summed E-state index contributed by atoms with van der Waals surface area (Å²) in [5, 5.41) is 11.5. The van der Waals surface area contributed by atoms with Gasteiger partial charge in [-0.3, -0.25) is 9.69 Å². The molecule has 0 radical (unpaired) electrons. The molecule has 146 valence electrons. The minimum absolute atomic E-state index is 0.182. The molecule has 1 amide bonds. The Balaban J connectivity index is 2.45. The highest BCUT2D eigenvalue weighted by atomic mass is 32.2. The Hall–Kier alpha value is -2.26. The van der Waals surface area contributed by atoms with E-state index in [9.17, 15) is 14.7 Å². The molecule has 0 saturated carbocycles. The van der Waals surface area contributed by atoms with Crippen LogP contribution >= 0.6 is 24.0 Å². The maximum Gasteiger partial charge on any atom is 0.266 e. The molecule has 9 heteroatoms. The third-order valence-electron chi connectivity index (χ3n) is 3.96. The molecule has 7 nitrogen and oxygen atoms in total. The molecule has 0 spiro atoms. The van der Waals surface area contributed by atoms with E-state index >= 15 is 0 Å². The zero-order valence-corrected chi connectivity index (χ0v) is 17.2. The van der Waals surface area contributed by atoms with E-state index in [2.05, 4.69) is 0 Å². The number of rotatable bonds is 7. The topological polar surface area (TPSA) is 88.1 Å². The average molecular weight is 410 g/mol. The van der Waals surface area contributed by atoms with Crippen molar-refractivity contribution in [3.8, 4) is 17.2 Å². The highest BCUT2D eigenvalue weighted by Gasteiger charge is 2.39. The van der Waals surface area contributed by atoms with Gasteiger partial charge >= 0.3 is 0 Å². The van der Waals surface area contributed by atoms with Crippen molar-refractivity contribution >= 4 is 46.3 Å². The van der Waals surface area contributed by atoms with E-state index in [1.807, 2.05) is 0 Å². The van der Waals surface area contributed by atoms with Gasteiger partial charge in [-0.2, -0.15) is 0 Å². The molecule has 1 atom stereocenters. The molecule has 1 aliphatic heterocycles. The van der Waals surface area contributed by atoms with E-state index in [0.29, 0.717) is 27.7 Å². The quantitative estimate of drug-likeness (QED) is 0.496.